The molecule has 2 saturated carbocycles. The van der Waals surface area contributed by atoms with E-state index < -0.39 is 0 Å². The van der Waals surface area contributed by atoms with Crippen molar-refractivity contribution in [1.82, 2.24) is 0 Å². The highest BCUT2D eigenvalue weighted by atomic mass is 14.4. The second kappa shape index (κ2) is 3.40. The van der Waals surface area contributed by atoms with Crippen LogP contribution in [-0.2, 0) is 0 Å². The molecule has 2 rings (SSSR count). The average Bonchev–Trinajstić information content (AvgIpc) is 2.58. The van der Waals surface area contributed by atoms with Gasteiger partial charge in [-0.2, -0.15) is 0 Å². The lowest BCUT2D eigenvalue weighted by atomic mass is 9.88. The van der Waals surface area contributed by atoms with Crippen molar-refractivity contribution in [3.05, 3.63) is 0 Å². The topological polar surface area (TPSA) is 0 Å². The summed E-state index contributed by atoms with van der Waals surface area (Å²) in [6, 6.07) is 0. The molecule has 3 unspecified atom stereocenters. The highest BCUT2D eigenvalue weighted by Gasteiger charge is 2.32. The molecule has 0 amide bonds. The maximum absolute atomic E-state index is 2.43. The summed E-state index contributed by atoms with van der Waals surface area (Å²) in [7, 11) is 0. The van der Waals surface area contributed by atoms with E-state index in [-0.39, 0.29) is 0 Å². The summed E-state index contributed by atoms with van der Waals surface area (Å²) in [5.74, 6) is 4.30. The molecule has 0 heterocycles. The molecule has 4 atom stereocenters. The van der Waals surface area contributed by atoms with Gasteiger partial charge >= 0.3 is 0 Å². The lowest BCUT2D eigenvalue weighted by molar-refractivity contribution is 0.330. The van der Waals surface area contributed by atoms with E-state index in [1.165, 1.54) is 25.7 Å². The van der Waals surface area contributed by atoms with Gasteiger partial charge in [0.25, 0.3) is 0 Å². The largest absolute Gasteiger partial charge is 0.0625 e. The van der Waals surface area contributed by atoms with Gasteiger partial charge in [-0.15, -0.1) is 0 Å². The van der Waals surface area contributed by atoms with Crippen LogP contribution < -0.4 is 0 Å². The summed E-state index contributed by atoms with van der Waals surface area (Å²) in [5.41, 5.74) is 0. The summed E-state index contributed by atoms with van der Waals surface area (Å²) >= 11 is 0. The molecule has 0 N–H and O–H groups in total. The first-order chi connectivity index (χ1) is 5.75. The molecule has 2 fully saturated rings. The van der Waals surface area contributed by atoms with Gasteiger partial charge in [0.05, 0.1) is 0 Å². The van der Waals surface area contributed by atoms with E-state index in [1.54, 1.807) is 12.8 Å². The highest BCUT2D eigenvalue weighted by Crippen LogP contribution is 2.44. The lowest BCUT2D eigenvalue weighted by Crippen LogP contribution is -2.08. The van der Waals surface area contributed by atoms with Crippen molar-refractivity contribution in [3.63, 3.8) is 0 Å². The first kappa shape index (κ1) is 8.59. The fraction of sp³-hybridized carbons (Fsp3) is 1.00. The SMILES string of the molecule is CC1CCC(C2CC[C@@H](C)C2)C1. The standard InChI is InChI=1S/C12H22/c1-9-3-5-11(7-9)12-6-4-10(2)8-12/h9-12H,3-8H2,1-2H3/t9-,10?,11?,12?/m1/s1. The molecule has 0 aromatic rings. The third-order valence-electron chi connectivity index (χ3n) is 4.14. The first-order valence-electron chi connectivity index (χ1n) is 5.75. The Morgan fingerprint density at radius 1 is 0.667 bits per heavy atom. The summed E-state index contributed by atoms with van der Waals surface area (Å²) < 4.78 is 0. The van der Waals surface area contributed by atoms with Crippen molar-refractivity contribution in [2.75, 3.05) is 0 Å². The Bertz CT molecular complexity index is 132. The van der Waals surface area contributed by atoms with E-state index >= 15 is 0 Å². The molecule has 0 aromatic carbocycles. The molecule has 12 heavy (non-hydrogen) atoms. The normalized spacial score (nSPS) is 48.5. The van der Waals surface area contributed by atoms with Gasteiger partial charge in [0.2, 0.25) is 0 Å². The van der Waals surface area contributed by atoms with E-state index in [1.807, 2.05) is 0 Å². The molecule has 70 valence electrons. The Hall–Kier alpha value is 0. The molecule has 0 nitrogen and oxygen atoms in total. The molecule has 0 aliphatic heterocycles. The van der Waals surface area contributed by atoms with Gasteiger partial charge in [0.1, 0.15) is 0 Å². The molecule has 2 aliphatic carbocycles. The van der Waals surface area contributed by atoms with Crippen molar-refractivity contribution < 1.29 is 0 Å². The van der Waals surface area contributed by atoms with Gasteiger partial charge in [-0.3, -0.25) is 0 Å². The zero-order chi connectivity index (χ0) is 8.55. The Kier molecular flexibility index (Phi) is 2.43. The van der Waals surface area contributed by atoms with Crippen LogP contribution in [0.4, 0.5) is 0 Å². The monoisotopic (exact) mass is 166 g/mol. The minimum absolute atomic E-state index is 1.03. The van der Waals surface area contributed by atoms with Crippen LogP contribution >= 0.6 is 0 Å². The van der Waals surface area contributed by atoms with Gasteiger partial charge in [-0.1, -0.05) is 26.7 Å². The van der Waals surface area contributed by atoms with Gasteiger partial charge in [-0.05, 0) is 49.4 Å². The smallest absolute Gasteiger partial charge is 0.0383 e. The summed E-state index contributed by atoms with van der Waals surface area (Å²) in [6.45, 7) is 4.86. The Morgan fingerprint density at radius 2 is 1.08 bits per heavy atom. The molecule has 0 radical (unpaired) electrons. The van der Waals surface area contributed by atoms with Crippen LogP contribution in [0.1, 0.15) is 52.4 Å². The van der Waals surface area contributed by atoms with Crippen LogP contribution in [0.15, 0.2) is 0 Å². The molecule has 2 aliphatic rings. The van der Waals surface area contributed by atoms with Crippen LogP contribution in [-0.4, -0.2) is 0 Å². The molecule has 0 spiro atoms. The Balaban J connectivity index is 1.85. The zero-order valence-corrected chi connectivity index (χ0v) is 8.55. The number of hydrogen-bond donors (Lipinski definition) is 0. The second-order valence-corrected chi connectivity index (χ2v) is 5.36. The van der Waals surface area contributed by atoms with Crippen molar-refractivity contribution in [2.24, 2.45) is 23.7 Å². The quantitative estimate of drug-likeness (QED) is 0.555. The summed E-state index contributed by atoms with van der Waals surface area (Å²) in [5, 5.41) is 0. The Labute approximate surface area is 76.7 Å². The van der Waals surface area contributed by atoms with E-state index in [0.717, 1.165) is 23.7 Å². The van der Waals surface area contributed by atoms with Gasteiger partial charge in [0, 0.05) is 0 Å². The van der Waals surface area contributed by atoms with E-state index in [4.69, 9.17) is 0 Å². The van der Waals surface area contributed by atoms with Crippen LogP contribution in [0.25, 0.3) is 0 Å². The molecular weight excluding hydrogens is 144 g/mol. The van der Waals surface area contributed by atoms with Crippen molar-refractivity contribution in [3.8, 4) is 0 Å². The zero-order valence-electron chi connectivity index (χ0n) is 8.55. The van der Waals surface area contributed by atoms with Crippen molar-refractivity contribution >= 4 is 0 Å². The predicted octanol–water partition coefficient (Wildman–Crippen LogP) is 3.86. The molecule has 0 saturated heterocycles. The average molecular weight is 166 g/mol. The lowest BCUT2D eigenvalue weighted by Gasteiger charge is -2.17. The van der Waals surface area contributed by atoms with Gasteiger partial charge in [-0.25, -0.2) is 0 Å². The number of rotatable bonds is 1. The third-order valence-corrected chi connectivity index (χ3v) is 4.14. The van der Waals surface area contributed by atoms with E-state index in [9.17, 15) is 0 Å². The molecule has 0 bridgehead atoms. The maximum Gasteiger partial charge on any atom is -0.0383 e. The fourth-order valence-electron chi connectivity index (χ4n) is 3.36. The minimum Gasteiger partial charge on any atom is -0.0625 e. The summed E-state index contributed by atoms with van der Waals surface area (Å²) in [4.78, 5) is 0. The van der Waals surface area contributed by atoms with Gasteiger partial charge < -0.3 is 0 Å². The maximum atomic E-state index is 2.43. The van der Waals surface area contributed by atoms with Crippen LogP contribution in [0.3, 0.4) is 0 Å². The van der Waals surface area contributed by atoms with Crippen molar-refractivity contribution in [2.45, 2.75) is 52.4 Å². The van der Waals surface area contributed by atoms with Gasteiger partial charge in [0.15, 0.2) is 0 Å². The minimum atomic E-state index is 1.03. The highest BCUT2D eigenvalue weighted by molar-refractivity contribution is 4.83. The molecule has 0 heteroatoms. The third kappa shape index (κ3) is 1.67. The predicted molar refractivity (Wildman–Crippen MR) is 53.0 cm³/mol. The number of hydrogen-bond acceptors (Lipinski definition) is 0. The fourth-order valence-corrected chi connectivity index (χ4v) is 3.36. The first-order valence-corrected chi connectivity index (χ1v) is 5.75. The summed E-state index contributed by atoms with van der Waals surface area (Å²) in [6.07, 6.45) is 9.18. The van der Waals surface area contributed by atoms with Crippen molar-refractivity contribution in [1.29, 1.82) is 0 Å². The van der Waals surface area contributed by atoms with Crippen LogP contribution in [0.2, 0.25) is 0 Å². The van der Waals surface area contributed by atoms with Crippen LogP contribution in [0, 0.1) is 23.7 Å². The molecule has 0 aromatic heterocycles. The van der Waals surface area contributed by atoms with E-state index in [0.29, 0.717) is 0 Å². The second-order valence-electron chi connectivity index (χ2n) is 5.36. The molecular formula is C12H22. The Morgan fingerprint density at radius 3 is 1.33 bits per heavy atom. The van der Waals surface area contributed by atoms with E-state index in [2.05, 4.69) is 13.8 Å². The van der Waals surface area contributed by atoms with Crippen LogP contribution in [0.5, 0.6) is 0 Å².